The van der Waals surface area contributed by atoms with Gasteiger partial charge in [0.2, 0.25) is 0 Å². The average Bonchev–Trinajstić information content (AvgIpc) is 2.67. The molecule has 1 aromatic rings. The van der Waals surface area contributed by atoms with Crippen LogP contribution in [0.2, 0.25) is 0 Å². The van der Waals surface area contributed by atoms with E-state index in [4.69, 9.17) is 0 Å². The van der Waals surface area contributed by atoms with Gasteiger partial charge in [-0.25, -0.2) is 9.97 Å². The smallest absolute Gasteiger partial charge is 0.145 e. The summed E-state index contributed by atoms with van der Waals surface area (Å²) in [4.78, 5) is 10.8. The molecule has 0 amide bonds. The van der Waals surface area contributed by atoms with E-state index in [1.54, 1.807) is 6.33 Å². The molecule has 1 fully saturated rings. The molecule has 0 spiro atoms. The molecule has 1 aromatic heterocycles. The zero-order valence-electron chi connectivity index (χ0n) is 9.15. The molecule has 0 aromatic carbocycles. The Kier molecular flexibility index (Phi) is 3.43. The van der Waals surface area contributed by atoms with Crippen molar-refractivity contribution in [3.63, 3.8) is 0 Å². The molecule has 1 unspecified atom stereocenters. The number of rotatable bonds is 2. The summed E-state index contributed by atoms with van der Waals surface area (Å²) in [5.41, 5.74) is 0. The average molecular weight is 317 g/mol. The van der Waals surface area contributed by atoms with Crippen LogP contribution in [0.4, 0.5) is 5.82 Å². The van der Waals surface area contributed by atoms with Gasteiger partial charge < -0.3 is 4.90 Å². The molecule has 1 atom stereocenters. The van der Waals surface area contributed by atoms with E-state index >= 15 is 0 Å². The van der Waals surface area contributed by atoms with E-state index in [0.717, 1.165) is 34.3 Å². The zero-order valence-corrected chi connectivity index (χ0v) is 11.3. The maximum atomic E-state index is 4.36. The van der Waals surface area contributed by atoms with Gasteiger partial charge in [0, 0.05) is 19.3 Å². The molecule has 4 heteroatoms. The van der Waals surface area contributed by atoms with Gasteiger partial charge in [0.1, 0.15) is 12.1 Å². The Morgan fingerprint density at radius 3 is 2.93 bits per heavy atom. The standard InChI is InChI=1S/C11H16IN3/c1-8(2)9-3-4-15(6-9)11-10(12)5-13-7-14-11/h5,7-9H,3-4,6H2,1-2H3. The molecule has 15 heavy (non-hydrogen) atoms. The van der Waals surface area contributed by atoms with E-state index in [9.17, 15) is 0 Å². The molecule has 1 aliphatic rings. The summed E-state index contributed by atoms with van der Waals surface area (Å²) in [5, 5.41) is 0. The van der Waals surface area contributed by atoms with Crippen molar-refractivity contribution < 1.29 is 0 Å². The van der Waals surface area contributed by atoms with E-state index < -0.39 is 0 Å². The minimum absolute atomic E-state index is 0.773. The molecule has 82 valence electrons. The predicted octanol–water partition coefficient (Wildman–Crippen LogP) is 2.56. The van der Waals surface area contributed by atoms with Gasteiger partial charge in [-0.1, -0.05) is 13.8 Å². The van der Waals surface area contributed by atoms with E-state index in [-0.39, 0.29) is 0 Å². The molecule has 0 saturated carbocycles. The Bertz CT molecular complexity index is 340. The fourth-order valence-electron chi connectivity index (χ4n) is 2.06. The van der Waals surface area contributed by atoms with Crippen LogP contribution in [0.3, 0.4) is 0 Å². The van der Waals surface area contributed by atoms with Gasteiger partial charge >= 0.3 is 0 Å². The summed E-state index contributed by atoms with van der Waals surface area (Å²) in [6.07, 6.45) is 4.81. The summed E-state index contributed by atoms with van der Waals surface area (Å²) in [6, 6.07) is 0. The summed E-state index contributed by atoms with van der Waals surface area (Å²) in [5.74, 6) is 2.69. The fraction of sp³-hybridized carbons (Fsp3) is 0.636. The molecule has 0 aliphatic carbocycles. The highest BCUT2D eigenvalue weighted by atomic mass is 127. The molecule has 0 bridgehead atoms. The van der Waals surface area contributed by atoms with Gasteiger partial charge in [-0.3, -0.25) is 0 Å². The summed E-state index contributed by atoms with van der Waals surface area (Å²) in [7, 11) is 0. The number of hydrogen-bond acceptors (Lipinski definition) is 3. The van der Waals surface area contributed by atoms with Crippen LogP contribution < -0.4 is 4.90 Å². The predicted molar refractivity (Wildman–Crippen MR) is 69.9 cm³/mol. The Morgan fingerprint density at radius 1 is 1.53 bits per heavy atom. The van der Waals surface area contributed by atoms with Crippen LogP contribution in [-0.4, -0.2) is 23.1 Å². The minimum atomic E-state index is 0.773. The van der Waals surface area contributed by atoms with E-state index in [1.165, 1.54) is 6.42 Å². The van der Waals surface area contributed by atoms with Crippen LogP contribution in [0.1, 0.15) is 20.3 Å². The number of halogens is 1. The lowest BCUT2D eigenvalue weighted by molar-refractivity contribution is 0.422. The van der Waals surface area contributed by atoms with Crippen molar-refractivity contribution in [3.05, 3.63) is 16.1 Å². The summed E-state index contributed by atoms with van der Waals surface area (Å²) < 4.78 is 1.15. The fourth-order valence-corrected chi connectivity index (χ4v) is 2.70. The Hall–Kier alpha value is -0.390. The van der Waals surface area contributed by atoms with Crippen molar-refractivity contribution in [2.75, 3.05) is 18.0 Å². The van der Waals surface area contributed by atoms with Crippen LogP contribution in [0.5, 0.6) is 0 Å². The number of hydrogen-bond donors (Lipinski definition) is 0. The maximum absolute atomic E-state index is 4.36. The lowest BCUT2D eigenvalue weighted by Gasteiger charge is -2.19. The van der Waals surface area contributed by atoms with Crippen LogP contribution >= 0.6 is 22.6 Å². The molecular weight excluding hydrogens is 301 g/mol. The van der Waals surface area contributed by atoms with Gasteiger partial charge in [-0.2, -0.15) is 0 Å². The first-order valence-corrected chi connectivity index (χ1v) is 6.47. The molecular formula is C11H16IN3. The lowest BCUT2D eigenvalue weighted by atomic mass is 9.95. The molecule has 0 radical (unpaired) electrons. The highest BCUT2D eigenvalue weighted by Crippen LogP contribution is 2.28. The number of nitrogens with zero attached hydrogens (tertiary/aromatic N) is 3. The third kappa shape index (κ3) is 2.41. The molecule has 2 heterocycles. The monoisotopic (exact) mass is 317 g/mol. The van der Waals surface area contributed by atoms with Gasteiger partial charge in [0.15, 0.2) is 0 Å². The lowest BCUT2D eigenvalue weighted by Crippen LogP contribution is -2.23. The molecule has 0 N–H and O–H groups in total. The third-order valence-electron chi connectivity index (χ3n) is 3.12. The minimum Gasteiger partial charge on any atom is -0.355 e. The second-order valence-electron chi connectivity index (χ2n) is 4.43. The van der Waals surface area contributed by atoms with Crippen LogP contribution in [0.15, 0.2) is 12.5 Å². The third-order valence-corrected chi connectivity index (χ3v) is 3.88. The second-order valence-corrected chi connectivity index (χ2v) is 5.60. The van der Waals surface area contributed by atoms with E-state index in [0.29, 0.717) is 0 Å². The van der Waals surface area contributed by atoms with Crippen molar-refractivity contribution in [2.24, 2.45) is 11.8 Å². The van der Waals surface area contributed by atoms with Crippen molar-refractivity contribution >= 4 is 28.4 Å². The molecule has 2 rings (SSSR count). The van der Waals surface area contributed by atoms with Gasteiger partial charge in [-0.15, -0.1) is 0 Å². The topological polar surface area (TPSA) is 29.0 Å². The normalized spacial score (nSPS) is 21.3. The molecule has 3 nitrogen and oxygen atoms in total. The van der Waals surface area contributed by atoms with Crippen LogP contribution in [0.25, 0.3) is 0 Å². The largest absolute Gasteiger partial charge is 0.355 e. The number of aromatic nitrogens is 2. The Morgan fingerprint density at radius 2 is 2.33 bits per heavy atom. The van der Waals surface area contributed by atoms with E-state index in [1.807, 2.05) is 6.20 Å². The first-order valence-electron chi connectivity index (χ1n) is 5.39. The van der Waals surface area contributed by atoms with Crippen molar-refractivity contribution in [1.82, 2.24) is 9.97 Å². The van der Waals surface area contributed by atoms with Gasteiger partial charge in [-0.05, 0) is 40.8 Å². The second kappa shape index (κ2) is 4.63. The van der Waals surface area contributed by atoms with Crippen LogP contribution in [-0.2, 0) is 0 Å². The zero-order chi connectivity index (χ0) is 10.8. The molecule has 1 aliphatic heterocycles. The first-order chi connectivity index (χ1) is 7.18. The van der Waals surface area contributed by atoms with Gasteiger partial charge in [0.25, 0.3) is 0 Å². The quantitative estimate of drug-likeness (QED) is 0.785. The molecule has 1 saturated heterocycles. The van der Waals surface area contributed by atoms with Crippen molar-refractivity contribution in [2.45, 2.75) is 20.3 Å². The first kappa shape index (κ1) is 11.1. The maximum Gasteiger partial charge on any atom is 0.145 e. The summed E-state index contributed by atoms with van der Waals surface area (Å²) in [6.45, 7) is 6.89. The highest BCUT2D eigenvalue weighted by Gasteiger charge is 2.26. The van der Waals surface area contributed by atoms with E-state index in [2.05, 4.69) is 51.3 Å². The van der Waals surface area contributed by atoms with Crippen molar-refractivity contribution in [3.8, 4) is 0 Å². The Labute approximate surface area is 104 Å². The number of anilines is 1. The SMILES string of the molecule is CC(C)C1CCN(c2ncncc2I)C1. The van der Waals surface area contributed by atoms with Crippen LogP contribution in [0, 0.1) is 15.4 Å². The Balaban J connectivity index is 2.11. The van der Waals surface area contributed by atoms with Gasteiger partial charge in [0.05, 0.1) is 3.57 Å². The van der Waals surface area contributed by atoms with Crippen molar-refractivity contribution in [1.29, 1.82) is 0 Å². The summed E-state index contributed by atoms with van der Waals surface area (Å²) >= 11 is 2.31. The highest BCUT2D eigenvalue weighted by molar-refractivity contribution is 14.1.